The smallest absolute Gasteiger partial charge is 0.416 e. The van der Waals surface area contributed by atoms with E-state index in [1.807, 2.05) is 0 Å². The average Bonchev–Trinajstić information content (AvgIpc) is 3.29. The van der Waals surface area contributed by atoms with Gasteiger partial charge in [0.1, 0.15) is 23.3 Å². The summed E-state index contributed by atoms with van der Waals surface area (Å²) in [5.41, 5.74) is 1.21. The van der Waals surface area contributed by atoms with Crippen molar-refractivity contribution < 1.29 is 31.9 Å². The van der Waals surface area contributed by atoms with Crippen molar-refractivity contribution in [2.45, 2.75) is 51.6 Å². The molecular formula is C29H27ClF4N4O3. The summed E-state index contributed by atoms with van der Waals surface area (Å²) in [5.74, 6) is -0.767. The maximum atomic E-state index is 13.5. The van der Waals surface area contributed by atoms with Gasteiger partial charge >= 0.3 is 12.3 Å². The number of hydrogen-bond donors (Lipinski definition) is 3. The predicted octanol–water partition coefficient (Wildman–Crippen LogP) is 6.79. The zero-order valence-corrected chi connectivity index (χ0v) is 23.1. The molecule has 7 nitrogen and oxygen atoms in total. The van der Waals surface area contributed by atoms with Crippen molar-refractivity contribution in [3.8, 4) is 11.1 Å². The zero-order valence-electron chi connectivity index (χ0n) is 22.3. The van der Waals surface area contributed by atoms with E-state index < -0.39 is 41.2 Å². The van der Waals surface area contributed by atoms with E-state index in [1.165, 1.54) is 24.3 Å². The molecule has 0 bridgehead atoms. The number of fused-ring (bicyclic) bond motifs is 1. The fourth-order valence-electron chi connectivity index (χ4n) is 4.06. The standard InChI is InChI=1S/C29H27ClF4N4O3/c1-28(2,3)41-27(40)38-24(12-16-5-4-6-19(11-16)29(32,33)34)26(39)35-15-25-36-22-10-8-18(14-23(22)37-25)17-7-9-21(31)20(30)13-17/h4-11,13-14,24H,12,15H2,1-3H3,(H,35,39)(H,36,37)(H,38,40)/t24-/m1/s1. The molecule has 0 aliphatic heterocycles. The number of halogens is 5. The van der Waals surface area contributed by atoms with Crippen LogP contribution in [0.15, 0.2) is 60.7 Å². The Morgan fingerprint density at radius 1 is 1.02 bits per heavy atom. The summed E-state index contributed by atoms with van der Waals surface area (Å²) >= 11 is 5.90. The Morgan fingerprint density at radius 3 is 2.41 bits per heavy atom. The van der Waals surface area contributed by atoms with E-state index in [0.29, 0.717) is 22.4 Å². The molecule has 3 aromatic carbocycles. The van der Waals surface area contributed by atoms with E-state index in [9.17, 15) is 27.2 Å². The number of alkyl carbamates (subject to hydrolysis) is 1. The number of aromatic amines is 1. The van der Waals surface area contributed by atoms with Crippen LogP contribution in [-0.4, -0.2) is 33.6 Å². The molecular weight excluding hydrogens is 564 g/mol. The molecule has 4 rings (SSSR count). The van der Waals surface area contributed by atoms with Crippen LogP contribution < -0.4 is 10.6 Å². The first-order valence-electron chi connectivity index (χ1n) is 12.6. The van der Waals surface area contributed by atoms with E-state index in [2.05, 4.69) is 20.6 Å². The molecule has 2 amide bonds. The highest BCUT2D eigenvalue weighted by molar-refractivity contribution is 6.31. The van der Waals surface area contributed by atoms with Crippen LogP contribution in [0.1, 0.15) is 37.7 Å². The first-order chi connectivity index (χ1) is 19.2. The number of rotatable bonds is 7. The highest BCUT2D eigenvalue weighted by atomic mass is 35.5. The molecule has 0 aliphatic carbocycles. The number of hydrogen-bond acceptors (Lipinski definition) is 4. The SMILES string of the molecule is CC(C)(C)OC(=O)N[C@H](Cc1cccc(C(F)(F)F)c1)C(=O)NCc1nc2ccc(-c3ccc(F)c(Cl)c3)cc2[nH]1. The van der Waals surface area contributed by atoms with Crippen LogP contribution in [0.2, 0.25) is 5.02 Å². The number of carbonyl (C=O) groups excluding carboxylic acids is 2. The van der Waals surface area contributed by atoms with Gasteiger partial charge in [0.15, 0.2) is 0 Å². The molecule has 1 aromatic heterocycles. The maximum absolute atomic E-state index is 13.5. The summed E-state index contributed by atoms with van der Waals surface area (Å²) in [5, 5.41) is 5.12. The lowest BCUT2D eigenvalue weighted by molar-refractivity contribution is -0.137. The quantitative estimate of drug-likeness (QED) is 0.206. The van der Waals surface area contributed by atoms with E-state index in [0.717, 1.165) is 17.7 Å². The summed E-state index contributed by atoms with van der Waals surface area (Å²) in [4.78, 5) is 33.1. The van der Waals surface area contributed by atoms with Gasteiger partial charge in [-0.15, -0.1) is 0 Å². The van der Waals surface area contributed by atoms with Crippen molar-refractivity contribution in [1.82, 2.24) is 20.6 Å². The van der Waals surface area contributed by atoms with Crippen molar-refractivity contribution in [2.24, 2.45) is 0 Å². The maximum Gasteiger partial charge on any atom is 0.416 e. The number of nitrogens with one attached hydrogen (secondary N) is 3. The third kappa shape index (κ3) is 7.97. The van der Waals surface area contributed by atoms with Crippen LogP contribution in [0.3, 0.4) is 0 Å². The summed E-state index contributed by atoms with van der Waals surface area (Å²) in [6, 6.07) is 13.1. The van der Waals surface area contributed by atoms with E-state index in [1.54, 1.807) is 45.0 Å². The number of nitrogens with zero attached hydrogens (tertiary/aromatic N) is 1. The summed E-state index contributed by atoms with van der Waals surface area (Å²) in [6.07, 6.45) is -5.66. The summed E-state index contributed by atoms with van der Waals surface area (Å²) in [6.45, 7) is 4.88. The van der Waals surface area contributed by atoms with Gasteiger partial charge in [0.05, 0.1) is 28.2 Å². The van der Waals surface area contributed by atoms with Crippen LogP contribution in [0.4, 0.5) is 22.4 Å². The lowest BCUT2D eigenvalue weighted by atomic mass is 10.0. The van der Waals surface area contributed by atoms with Crippen molar-refractivity contribution in [1.29, 1.82) is 0 Å². The molecule has 1 atom stereocenters. The number of alkyl halides is 3. The van der Waals surface area contributed by atoms with Gasteiger partial charge in [-0.25, -0.2) is 14.2 Å². The van der Waals surface area contributed by atoms with E-state index in [-0.39, 0.29) is 23.6 Å². The van der Waals surface area contributed by atoms with Crippen LogP contribution in [0.25, 0.3) is 22.2 Å². The number of ether oxygens (including phenoxy) is 1. The molecule has 0 aliphatic rings. The zero-order chi connectivity index (χ0) is 29.9. The second-order valence-corrected chi connectivity index (χ2v) is 10.8. The molecule has 0 saturated heterocycles. The van der Waals surface area contributed by atoms with Crippen LogP contribution in [0.5, 0.6) is 0 Å². The Labute approximate surface area is 238 Å². The normalized spacial score (nSPS) is 12.7. The minimum Gasteiger partial charge on any atom is -0.444 e. The Hall–Kier alpha value is -4.12. The molecule has 4 aromatic rings. The molecule has 0 unspecified atom stereocenters. The van der Waals surface area contributed by atoms with E-state index >= 15 is 0 Å². The van der Waals surface area contributed by atoms with Gasteiger partial charge in [-0.05, 0) is 67.8 Å². The number of aromatic nitrogens is 2. The largest absolute Gasteiger partial charge is 0.444 e. The van der Waals surface area contributed by atoms with Crippen molar-refractivity contribution in [3.05, 3.63) is 88.5 Å². The van der Waals surface area contributed by atoms with E-state index in [4.69, 9.17) is 16.3 Å². The lowest BCUT2D eigenvalue weighted by Crippen LogP contribution is -2.49. The molecule has 12 heteroatoms. The highest BCUT2D eigenvalue weighted by Crippen LogP contribution is 2.30. The molecule has 0 saturated carbocycles. The second-order valence-electron chi connectivity index (χ2n) is 10.4. The first kappa shape index (κ1) is 29.9. The predicted molar refractivity (Wildman–Crippen MR) is 147 cm³/mol. The summed E-state index contributed by atoms with van der Waals surface area (Å²) < 4.78 is 58.4. The van der Waals surface area contributed by atoms with Gasteiger partial charge in [0.2, 0.25) is 5.91 Å². The number of carbonyl (C=O) groups is 2. The molecule has 3 N–H and O–H groups in total. The van der Waals surface area contributed by atoms with Crippen molar-refractivity contribution in [3.63, 3.8) is 0 Å². The van der Waals surface area contributed by atoms with Crippen LogP contribution in [-0.2, 0) is 28.7 Å². The third-order valence-corrected chi connectivity index (χ3v) is 6.21. The van der Waals surface area contributed by atoms with Crippen molar-refractivity contribution >= 4 is 34.6 Å². The average molecular weight is 591 g/mol. The first-order valence-corrected chi connectivity index (χ1v) is 12.9. The Kier molecular flexibility index (Phi) is 8.58. The fourth-order valence-corrected chi connectivity index (χ4v) is 4.25. The fraction of sp³-hybridized carbons (Fsp3) is 0.276. The molecule has 1 heterocycles. The minimum absolute atomic E-state index is 0.00436. The molecule has 216 valence electrons. The van der Waals surface area contributed by atoms with Crippen LogP contribution in [0, 0.1) is 5.82 Å². The topological polar surface area (TPSA) is 96.1 Å². The minimum atomic E-state index is -4.56. The number of H-pyrrole nitrogens is 1. The van der Waals surface area contributed by atoms with Crippen LogP contribution >= 0.6 is 11.6 Å². The number of imidazole rings is 1. The Bertz CT molecular complexity index is 1580. The molecule has 0 fully saturated rings. The van der Waals surface area contributed by atoms with Crippen molar-refractivity contribution in [2.75, 3.05) is 0 Å². The Morgan fingerprint density at radius 2 is 1.73 bits per heavy atom. The van der Waals surface area contributed by atoms with Gasteiger partial charge in [-0.1, -0.05) is 41.9 Å². The monoisotopic (exact) mass is 590 g/mol. The van der Waals surface area contributed by atoms with Gasteiger partial charge < -0.3 is 20.4 Å². The Balaban J connectivity index is 1.50. The molecule has 0 spiro atoms. The number of benzene rings is 3. The molecule has 41 heavy (non-hydrogen) atoms. The third-order valence-electron chi connectivity index (χ3n) is 5.92. The van der Waals surface area contributed by atoms with Gasteiger partial charge in [-0.3, -0.25) is 4.79 Å². The van der Waals surface area contributed by atoms with Gasteiger partial charge in [0.25, 0.3) is 0 Å². The second kappa shape index (κ2) is 11.8. The number of amides is 2. The van der Waals surface area contributed by atoms with Gasteiger partial charge in [-0.2, -0.15) is 13.2 Å². The highest BCUT2D eigenvalue weighted by Gasteiger charge is 2.31. The van der Waals surface area contributed by atoms with Gasteiger partial charge in [0, 0.05) is 6.42 Å². The lowest BCUT2D eigenvalue weighted by Gasteiger charge is -2.23. The molecule has 0 radical (unpaired) electrons. The summed E-state index contributed by atoms with van der Waals surface area (Å²) in [7, 11) is 0.